The smallest absolute Gasteiger partial charge is 0.224 e. The van der Waals surface area contributed by atoms with Crippen LogP contribution in [0.15, 0.2) is 30.3 Å². The molecule has 0 heterocycles. The number of carbonyl (C=O) groups is 5. The molecule has 1 fully saturated rings. The van der Waals surface area contributed by atoms with Gasteiger partial charge in [0.2, 0.25) is 11.7 Å². The van der Waals surface area contributed by atoms with Crippen LogP contribution in [0.5, 0.6) is 0 Å². The van der Waals surface area contributed by atoms with Crippen molar-refractivity contribution in [3.8, 4) is 0 Å². The van der Waals surface area contributed by atoms with Gasteiger partial charge in [0, 0.05) is 30.7 Å². The Bertz CT molecular complexity index is 908. The monoisotopic (exact) mass is 469 g/mol. The second kappa shape index (κ2) is 11.7. The van der Waals surface area contributed by atoms with Crippen LogP contribution in [0.2, 0.25) is 0 Å². The molecule has 1 N–H and O–H groups in total. The molecule has 1 aliphatic rings. The van der Waals surface area contributed by atoms with E-state index in [0.717, 1.165) is 12.8 Å². The van der Waals surface area contributed by atoms with Gasteiger partial charge in [-0.2, -0.15) is 0 Å². The molecule has 186 valence electrons. The highest BCUT2D eigenvalue weighted by molar-refractivity contribution is 6.38. The summed E-state index contributed by atoms with van der Waals surface area (Å²) >= 11 is 0. The average molecular weight is 470 g/mol. The van der Waals surface area contributed by atoms with Crippen LogP contribution in [0.1, 0.15) is 84.0 Å². The van der Waals surface area contributed by atoms with Crippen molar-refractivity contribution in [2.45, 2.75) is 79.7 Å². The minimum atomic E-state index is -0.822. The van der Waals surface area contributed by atoms with E-state index in [4.69, 9.17) is 0 Å². The molecular weight excluding hydrogens is 430 g/mol. The molecule has 1 saturated carbocycles. The molecule has 0 aromatic heterocycles. The van der Waals surface area contributed by atoms with Crippen LogP contribution in [0.4, 0.5) is 0 Å². The first kappa shape index (κ1) is 27.6. The van der Waals surface area contributed by atoms with E-state index in [0.29, 0.717) is 11.5 Å². The summed E-state index contributed by atoms with van der Waals surface area (Å²) in [5, 5.41) is 2.76. The third-order valence-corrected chi connectivity index (χ3v) is 6.70. The van der Waals surface area contributed by atoms with Gasteiger partial charge in [-0.1, -0.05) is 65.0 Å². The minimum Gasteiger partial charge on any atom is -0.346 e. The van der Waals surface area contributed by atoms with Crippen LogP contribution in [0, 0.1) is 29.1 Å². The highest BCUT2D eigenvalue weighted by Crippen LogP contribution is 2.33. The van der Waals surface area contributed by atoms with Gasteiger partial charge in [-0.05, 0) is 37.0 Å². The van der Waals surface area contributed by atoms with Gasteiger partial charge in [0.1, 0.15) is 0 Å². The first-order valence-corrected chi connectivity index (χ1v) is 12.3. The van der Waals surface area contributed by atoms with Gasteiger partial charge in [-0.25, -0.2) is 0 Å². The fraction of sp³-hybridized carbons (Fsp3) is 0.607. The number of rotatable bonds is 13. The quantitative estimate of drug-likeness (QED) is 0.336. The molecule has 0 unspecified atom stereocenters. The van der Waals surface area contributed by atoms with E-state index in [9.17, 15) is 24.0 Å². The fourth-order valence-corrected chi connectivity index (χ4v) is 4.03. The topological polar surface area (TPSA) is 97.4 Å². The van der Waals surface area contributed by atoms with Crippen molar-refractivity contribution in [3.05, 3.63) is 35.9 Å². The molecule has 0 aliphatic heterocycles. The van der Waals surface area contributed by atoms with Gasteiger partial charge in [0.15, 0.2) is 17.3 Å². The van der Waals surface area contributed by atoms with Crippen LogP contribution in [0.3, 0.4) is 0 Å². The second-order valence-corrected chi connectivity index (χ2v) is 11.1. The van der Waals surface area contributed by atoms with Crippen molar-refractivity contribution in [3.63, 3.8) is 0 Å². The van der Waals surface area contributed by atoms with Crippen LogP contribution in [0.25, 0.3) is 0 Å². The summed E-state index contributed by atoms with van der Waals surface area (Å²) in [4.78, 5) is 63.8. The number of Topliss-reactive ketones (excluding diaryl/α,β-unsaturated/α-hetero) is 4. The van der Waals surface area contributed by atoms with E-state index >= 15 is 0 Å². The van der Waals surface area contributed by atoms with Gasteiger partial charge in [0.25, 0.3) is 0 Å². The average Bonchev–Trinajstić information content (AvgIpc) is 3.58. The molecule has 0 spiro atoms. The van der Waals surface area contributed by atoms with Gasteiger partial charge in [-0.3, -0.25) is 24.0 Å². The molecule has 1 aromatic carbocycles. The van der Waals surface area contributed by atoms with Crippen LogP contribution >= 0.6 is 0 Å². The normalized spacial score (nSPS) is 16.4. The van der Waals surface area contributed by atoms with E-state index in [1.54, 1.807) is 31.2 Å². The van der Waals surface area contributed by atoms with Crippen molar-refractivity contribution < 1.29 is 24.0 Å². The highest BCUT2D eigenvalue weighted by atomic mass is 16.2. The van der Waals surface area contributed by atoms with E-state index in [1.165, 1.54) is 0 Å². The standard InChI is InChI=1S/C28H39NO5/c1-17(2)21(26(33)25(32)14-19-12-13-19)15-23(30)18(3)29-27(34)22(28(4,5)6)16-24(31)20-10-8-7-9-11-20/h7-11,17-19,21-22H,12-16H2,1-6H3,(H,29,34)/t18-,21-,22+/m0/s1. The molecule has 0 bridgehead atoms. The maximum atomic E-state index is 13.1. The van der Waals surface area contributed by atoms with Crippen molar-refractivity contribution >= 4 is 29.0 Å². The van der Waals surface area contributed by atoms with E-state index in [2.05, 4.69) is 5.32 Å². The predicted molar refractivity (Wildman–Crippen MR) is 131 cm³/mol. The molecule has 1 aromatic rings. The molecule has 3 atom stereocenters. The zero-order chi connectivity index (χ0) is 25.6. The van der Waals surface area contributed by atoms with E-state index < -0.39 is 34.9 Å². The number of carbonyl (C=O) groups excluding carboxylic acids is 5. The van der Waals surface area contributed by atoms with Crippen LogP contribution in [-0.4, -0.2) is 35.1 Å². The Balaban J connectivity index is 2.03. The Kier molecular flexibility index (Phi) is 9.48. The summed E-state index contributed by atoms with van der Waals surface area (Å²) in [5.74, 6) is -2.81. The zero-order valence-electron chi connectivity index (χ0n) is 21.4. The fourth-order valence-electron chi connectivity index (χ4n) is 4.03. The lowest BCUT2D eigenvalue weighted by Gasteiger charge is -2.30. The Morgan fingerprint density at radius 3 is 2.03 bits per heavy atom. The lowest BCUT2D eigenvalue weighted by molar-refractivity contribution is -0.141. The summed E-state index contributed by atoms with van der Waals surface area (Å²) in [6, 6.07) is 8.01. The largest absolute Gasteiger partial charge is 0.346 e. The van der Waals surface area contributed by atoms with E-state index in [-0.39, 0.29) is 42.7 Å². The lowest BCUT2D eigenvalue weighted by Crippen LogP contribution is -2.46. The predicted octanol–water partition coefficient (Wildman–Crippen LogP) is 4.60. The first-order chi connectivity index (χ1) is 15.8. The van der Waals surface area contributed by atoms with Gasteiger partial charge in [0.05, 0.1) is 12.0 Å². The van der Waals surface area contributed by atoms with Crippen LogP contribution < -0.4 is 5.32 Å². The number of ketones is 4. The Hall–Kier alpha value is -2.63. The lowest BCUT2D eigenvalue weighted by atomic mass is 9.76. The Morgan fingerprint density at radius 2 is 1.53 bits per heavy atom. The van der Waals surface area contributed by atoms with Gasteiger partial charge < -0.3 is 5.32 Å². The summed E-state index contributed by atoms with van der Waals surface area (Å²) in [6.45, 7) is 10.9. The van der Waals surface area contributed by atoms with E-state index in [1.807, 2.05) is 40.7 Å². The number of amides is 1. The molecule has 0 saturated heterocycles. The molecule has 6 nitrogen and oxygen atoms in total. The zero-order valence-corrected chi connectivity index (χ0v) is 21.4. The van der Waals surface area contributed by atoms with Crippen molar-refractivity contribution in [2.75, 3.05) is 0 Å². The van der Waals surface area contributed by atoms with Crippen LogP contribution in [-0.2, 0) is 19.2 Å². The molecular formula is C28H39NO5. The molecule has 34 heavy (non-hydrogen) atoms. The summed E-state index contributed by atoms with van der Waals surface area (Å²) in [5.41, 5.74) is 0.0472. The van der Waals surface area contributed by atoms with Crippen molar-refractivity contribution in [2.24, 2.45) is 29.1 Å². The Labute approximate surface area is 203 Å². The molecule has 6 heteroatoms. The number of nitrogens with one attached hydrogen (secondary N) is 1. The number of hydrogen-bond acceptors (Lipinski definition) is 5. The highest BCUT2D eigenvalue weighted by Gasteiger charge is 2.37. The third-order valence-electron chi connectivity index (χ3n) is 6.70. The van der Waals surface area contributed by atoms with Gasteiger partial charge >= 0.3 is 0 Å². The van der Waals surface area contributed by atoms with Crippen molar-refractivity contribution in [1.82, 2.24) is 5.32 Å². The molecule has 1 aliphatic carbocycles. The Morgan fingerprint density at radius 1 is 0.941 bits per heavy atom. The number of benzene rings is 1. The molecule has 1 amide bonds. The summed E-state index contributed by atoms with van der Waals surface area (Å²) < 4.78 is 0. The maximum Gasteiger partial charge on any atom is 0.224 e. The maximum absolute atomic E-state index is 13.1. The molecule has 2 rings (SSSR count). The summed E-state index contributed by atoms with van der Waals surface area (Å²) in [7, 11) is 0. The minimum absolute atomic E-state index is 0.0308. The first-order valence-electron chi connectivity index (χ1n) is 12.3. The van der Waals surface area contributed by atoms with Crippen molar-refractivity contribution in [1.29, 1.82) is 0 Å². The summed E-state index contributed by atoms with van der Waals surface area (Å²) in [6.07, 6.45) is 2.18. The third kappa shape index (κ3) is 8.00. The molecule has 0 radical (unpaired) electrons. The van der Waals surface area contributed by atoms with Gasteiger partial charge in [-0.15, -0.1) is 0 Å². The second-order valence-electron chi connectivity index (χ2n) is 11.1. The SMILES string of the molecule is CC(C)[C@H](CC(=O)[C@H](C)NC(=O)[C@@H](CC(=O)c1ccccc1)C(C)(C)C)C(=O)C(=O)CC1CC1. The number of hydrogen-bond donors (Lipinski definition) is 1.